The van der Waals surface area contributed by atoms with Crippen LogP contribution in [0.15, 0.2) is 0 Å². The molecule has 7 nitrogen and oxygen atoms in total. The van der Waals surface area contributed by atoms with Crippen LogP contribution in [-0.4, -0.2) is 84.5 Å². The van der Waals surface area contributed by atoms with Crippen molar-refractivity contribution >= 4 is 14.6 Å². The van der Waals surface area contributed by atoms with Crippen molar-refractivity contribution < 1.29 is 27.7 Å². The average molecular weight is 375 g/mol. The van der Waals surface area contributed by atoms with Crippen LogP contribution in [0.1, 0.15) is 38.5 Å². The van der Waals surface area contributed by atoms with Gasteiger partial charge in [0.15, 0.2) is 0 Å². The second kappa shape index (κ2) is 10.6. The molecule has 0 spiro atoms. The van der Waals surface area contributed by atoms with Crippen molar-refractivity contribution in [3.63, 3.8) is 0 Å². The monoisotopic (exact) mass is 374 g/mol. The molecule has 2 heterocycles. The summed E-state index contributed by atoms with van der Waals surface area (Å²) in [5, 5.41) is 12.3. The molecule has 0 bridgehead atoms. The van der Waals surface area contributed by atoms with Crippen molar-refractivity contribution in [3.8, 4) is 0 Å². The molecule has 8 heteroatoms. The maximum Gasteiger partial charge on any atom is 0.500 e. The van der Waals surface area contributed by atoms with Crippen LogP contribution < -0.4 is 5.11 Å². The lowest BCUT2D eigenvalue weighted by Crippen LogP contribution is -2.48. The van der Waals surface area contributed by atoms with Gasteiger partial charge in [-0.3, -0.25) is 9.48 Å². The summed E-state index contributed by atoms with van der Waals surface area (Å²) in [4.78, 5) is 2.47. The van der Waals surface area contributed by atoms with Gasteiger partial charge in [-0.1, -0.05) is 0 Å². The van der Waals surface area contributed by atoms with E-state index in [0.29, 0.717) is 25.6 Å². The number of hydrogen-bond donors (Lipinski definition) is 0. The Morgan fingerprint density at radius 1 is 1.08 bits per heavy atom. The van der Waals surface area contributed by atoms with Crippen molar-refractivity contribution in [2.24, 2.45) is 0 Å². The largest absolute Gasteiger partial charge is 0.828 e. The molecule has 0 aliphatic carbocycles. The first kappa shape index (κ1) is 20.8. The van der Waals surface area contributed by atoms with Gasteiger partial charge in [-0.05, 0) is 25.7 Å². The van der Waals surface area contributed by atoms with Gasteiger partial charge in [0, 0.05) is 53.1 Å². The summed E-state index contributed by atoms with van der Waals surface area (Å²) in [6.07, 6.45) is 5.68. The minimum atomic E-state index is -2.56. The Balaban J connectivity index is 1.78. The SMILES string of the molecule is CO[Si](CCCOC([O-])C[N+]1=C2CCCCCN2CCC1)(OC)OC. The lowest BCUT2D eigenvalue weighted by Gasteiger charge is -2.30. The summed E-state index contributed by atoms with van der Waals surface area (Å²) < 4.78 is 23.9. The number of amidine groups is 1. The van der Waals surface area contributed by atoms with Gasteiger partial charge in [-0.15, -0.1) is 0 Å². The average Bonchev–Trinajstić information content (AvgIpc) is 2.89. The molecule has 0 aromatic heterocycles. The zero-order valence-corrected chi connectivity index (χ0v) is 17.0. The molecule has 0 N–H and O–H groups in total. The summed E-state index contributed by atoms with van der Waals surface area (Å²) in [5.74, 6) is 1.36. The van der Waals surface area contributed by atoms with E-state index < -0.39 is 15.1 Å². The summed E-state index contributed by atoms with van der Waals surface area (Å²) in [6, 6.07) is 0.651. The lowest BCUT2D eigenvalue weighted by molar-refractivity contribution is -0.611. The van der Waals surface area contributed by atoms with Crippen molar-refractivity contribution in [2.45, 2.75) is 50.9 Å². The van der Waals surface area contributed by atoms with E-state index in [2.05, 4.69) is 9.48 Å². The fourth-order valence-electron chi connectivity index (χ4n) is 3.72. The second-order valence-electron chi connectivity index (χ2n) is 6.71. The zero-order valence-electron chi connectivity index (χ0n) is 16.0. The topological polar surface area (TPSA) is 66.2 Å². The van der Waals surface area contributed by atoms with Crippen LogP contribution in [0.4, 0.5) is 0 Å². The molecule has 1 atom stereocenters. The van der Waals surface area contributed by atoms with E-state index in [4.69, 9.17) is 18.0 Å². The van der Waals surface area contributed by atoms with E-state index in [9.17, 15) is 5.11 Å². The Kier molecular flexibility index (Phi) is 8.81. The smallest absolute Gasteiger partial charge is 0.500 e. The molecule has 0 aromatic carbocycles. The first-order chi connectivity index (χ1) is 12.1. The van der Waals surface area contributed by atoms with Gasteiger partial charge >= 0.3 is 8.80 Å². The van der Waals surface area contributed by atoms with Crippen LogP contribution in [0.25, 0.3) is 0 Å². The number of rotatable bonds is 10. The van der Waals surface area contributed by atoms with Crippen molar-refractivity contribution in [3.05, 3.63) is 0 Å². The summed E-state index contributed by atoms with van der Waals surface area (Å²) >= 11 is 0. The van der Waals surface area contributed by atoms with Gasteiger partial charge in [0.2, 0.25) is 5.84 Å². The predicted octanol–water partition coefficient (Wildman–Crippen LogP) is 0.648. The number of nitrogens with zero attached hydrogens (tertiary/aromatic N) is 2. The molecule has 1 fully saturated rings. The normalized spacial score (nSPS) is 20.4. The Morgan fingerprint density at radius 2 is 1.80 bits per heavy atom. The molecule has 1 saturated heterocycles. The molecule has 0 amide bonds. The highest BCUT2D eigenvalue weighted by Crippen LogP contribution is 2.17. The predicted molar refractivity (Wildman–Crippen MR) is 95.6 cm³/mol. The highest BCUT2D eigenvalue weighted by molar-refractivity contribution is 6.60. The maximum absolute atomic E-state index is 12.3. The third-order valence-corrected chi connectivity index (χ3v) is 7.98. The Labute approximate surface area is 152 Å². The summed E-state index contributed by atoms with van der Waals surface area (Å²) in [6.45, 7) is 4.09. The number of fused-ring (bicyclic) bond motifs is 1. The van der Waals surface area contributed by atoms with E-state index >= 15 is 0 Å². The standard InChI is InChI=1S/C17H34N2O5Si/c1-21-25(22-2,23-3)14-8-13-24-17(20)15-19-12-7-11-18-10-6-4-5-9-16(18)19/h17H,4-15H2,1-3H3. The Bertz CT molecular complexity index is 423. The molecule has 146 valence electrons. The molecular weight excluding hydrogens is 340 g/mol. The van der Waals surface area contributed by atoms with Gasteiger partial charge in [0.1, 0.15) is 0 Å². The van der Waals surface area contributed by atoms with Gasteiger partial charge in [0.25, 0.3) is 0 Å². The molecule has 2 rings (SSSR count). The molecule has 0 radical (unpaired) electrons. The van der Waals surface area contributed by atoms with Crippen LogP contribution in [0.3, 0.4) is 0 Å². The first-order valence-corrected chi connectivity index (χ1v) is 11.4. The third-order valence-electron chi connectivity index (χ3n) is 5.15. The molecule has 2 aliphatic heterocycles. The number of hydrogen-bond acceptors (Lipinski definition) is 6. The zero-order chi connectivity index (χ0) is 18.1. The quantitative estimate of drug-likeness (QED) is 0.242. The van der Waals surface area contributed by atoms with Crippen LogP contribution >= 0.6 is 0 Å². The highest BCUT2D eigenvalue weighted by atomic mass is 28.4. The van der Waals surface area contributed by atoms with E-state index in [1.165, 1.54) is 25.1 Å². The molecule has 1 unspecified atom stereocenters. The van der Waals surface area contributed by atoms with E-state index in [1.54, 1.807) is 21.3 Å². The van der Waals surface area contributed by atoms with Gasteiger partial charge in [-0.2, -0.15) is 0 Å². The van der Waals surface area contributed by atoms with E-state index in [1.807, 2.05) is 0 Å². The second-order valence-corrected chi connectivity index (χ2v) is 9.80. The molecular formula is C17H34N2O5Si. The molecule has 2 aliphatic rings. The van der Waals surface area contributed by atoms with Crippen LogP contribution in [0.5, 0.6) is 0 Å². The summed E-state index contributed by atoms with van der Waals surface area (Å²) in [5.41, 5.74) is 0. The van der Waals surface area contributed by atoms with Gasteiger partial charge < -0.3 is 23.1 Å². The maximum atomic E-state index is 12.3. The van der Waals surface area contributed by atoms with Crippen molar-refractivity contribution in [1.82, 2.24) is 4.90 Å². The number of ether oxygens (including phenoxy) is 1. The molecule has 0 saturated carbocycles. The third kappa shape index (κ3) is 6.01. The molecule has 25 heavy (non-hydrogen) atoms. The van der Waals surface area contributed by atoms with E-state index in [-0.39, 0.29) is 0 Å². The van der Waals surface area contributed by atoms with Crippen LogP contribution in [0, 0.1) is 0 Å². The highest BCUT2D eigenvalue weighted by Gasteiger charge is 2.37. The minimum Gasteiger partial charge on any atom is -0.828 e. The van der Waals surface area contributed by atoms with Crippen molar-refractivity contribution in [1.29, 1.82) is 0 Å². The first-order valence-electron chi connectivity index (χ1n) is 9.42. The lowest BCUT2D eigenvalue weighted by atomic mass is 10.2. The fourth-order valence-corrected chi connectivity index (χ4v) is 5.41. The van der Waals surface area contributed by atoms with Crippen LogP contribution in [0.2, 0.25) is 6.04 Å². The van der Waals surface area contributed by atoms with E-state index in [0.717, 1.165) is 32.5 Å². The Morgan fingerprint density at radius 3 is 2.52 bits per heavy atom. The van der Waals surface area contributed by atoms with Crippen molar-refractivity contribution in [2.75, 3.05) is 54.1 Å². The Hall–Kier alpha value is -0.513. The van der Waals surface area contributed by atoms with Gasteiger partial charge in [0.05, 0.1) is 26.2 Å². The summed E-state index contributed by atoms with van der Waals surface area (Å²) in [7, 11) is 2.24. The van der Waals surface area contributed by atoms with Gasteiger partial charge in [-0.25, -0.2) is 0 Å². The fraction of sp³-hybridized carbons (Fsp3) is 0.941. The molecule has 0 aromatic rings. The van der Waals surface area contributed by atoms with Crippen LogP contribution in [-0.2, 0) is 18.0 Å². The minimum absolute atomic E-state index is 0.409.